The van der Waals surface area contributed by atoms with Crippen molar-refractivity contribution in [1.29, 1.82) is 5.26 Å². The van der Waals surface area contributed by atoms with Crippen LogP contribution in [-0.2, 0) is 0 Å². The summed E-state index contributed by atoms with van der Waals surface area (Å²) in [4.78, 5) is 2.37. The van der Waals surface area contributed by atoms with Crippen molar-refractivity contribution in [2.75, 3.05) is 5.75 Å². The first kappa shape index (κ1) is 8.06. The van der Waals surface area contributed by atoms with E-state index in [9.17, 15) is 0 Å². The molecule has 8 heavy (non-hydrogen) atoms. The van der Waals surface area contributed by atoms with Gasteiger partial charge in [0.15, 0.2) is 0 Å². The molecule has 0 aliphatic carbocycles. The van der Waals surface area contributed by atoms with E-state index in [1.165, 1.54) is 11.8 Å². The predicted molar refractivity (Wildman–Crippen MR) is 40.8 cm³/mol. The third-order valence-corrected chi connectivity index (χ3v) is 2.08. The fourth-order valence-electron chi connectivity index (χ4n) is 0.244. The number of halogens is 1. The Balaban J connectivity index is 3.60. The summed E-state index contributed by atoms with van der Waals surface area (Å²) >= 11 is 4.60. The second-order valence-corrected chi connectivity index (χ2v) is 2.78. The van der Waals surface area contributed by atoms with Gasteiger partial charge in [0.05, 0.1) is 4.91 Å². The van der Waals surface area contributed by atoms with Crippen LogP contribution >= 0.6 is 27.7 Å². The molecule has 0 saturated heterocycles. The summed E-state index contributed by atoms with van der Waals surface area (Å²) < 4.78 is 0. The van der Waals surface area contributed by atoms with E-state index in [0.29, 0.717) is 0 Å². The first-order valence-corrected chi connectivity index (χ1v) is 4.08. The molecule has 0 heterocycles. The SMILES string of the molecule is CCS/C(C#N)=C/Br. The topological polar surface area (TPSA) is 23.8 Å². The van der Waals surface area contributed by atoms with E-state index in [1.54, 1.807) is 4.99 Å². The second kappa shape index (κ2) is 5.20. The number of allylic oxidation sites excluding steroid dienone is 1. The van der Waals surface area contributed by atoms with Gasteiger partial charge in [-0.15, -0.1) is 11.8 Å². The molecule has 0 aromatic carbocycles. The summed E-state index contributed by atoms with van der Waals surface area (Å²) in [6.07, 6.45) is 0. The van der Waals surface area contributed by atoms with Crippen molar-refractivity contribution in [1.82, 2.24) is 0 Å². The molecule has 3 heteroatoms. The van der Waals surface area contributed by atoms with Gasteiger partial charge in [0.2, 0.25) is 0 Å². The van der Waals surface area contributed by atoms with Crippen molar-refractivity contribution in [3.8, 4) is 6.07 Å². The van der Waals surface area contributed by atoms with E-state index < -0.39 is 0 Å². The lowest BCUT2D eigenvalue weighted by Crippen LogP contribution is -1.67. The molecule has 0 fully saturated rings. The van der Waals surface area contributed by atoms with Gasteiger partial charge in [-0.1, -0.05) is 22.9 Å². The fourth-order valence-corrected chi connectivity index (χ4v) is 1.18. The molecule has 0 aromatic heterocycles. The minimum absolute atomic E-state index is 0.729. The number of hydrogen-bond acceptors (Lipinski definition) is 2. The molecule has 0 aliphatic rings. The molecule has 0 atom stereocenters. The van der Waals surface area contributed by atoms with Gasteiger partial charge in [-0.3, -0.25) is 0 Å². The van der Waals surface area contributed by atoms with Gasteiger partial charge >= 0.3 is 0 Å². The highest BCUT2D eigenvalue weighted by Crippen LogP contribution is 2.14. The van der Waals surface area contributed by atoms with Gasteiger partial charge in [0, 0.05) is 4.99 Å². The Kier molecular flexibility index (Phi) is 5.24. The molecule has 1 nitrogen and oxygen atoms in total. The summed E-state index contributed by atoms with van der Waals surface area (Å²) in [6, 6.07) is 2.03. The van der Waals surface area contributed by atoms with Crippen molar-refractivity contribution in [3.63, 3.8) is 0 Å². The van der Waals surface area contributed by atoms with Crippen LogP contribution < -0.4 is 0 Å². The Labute approximate surface area is 61.9 Å². The van der Waals surface area contributed by atoms with Crippen LogP contribution in [0.25, 0.3) is 0 Å². The van der Waals surface area contributed by atoms with Gasteiger partial charge in [-0.05, 0) is 5.75 Å². The molecule has 0 aromatic rings. The smallest absolute Gasteiger partial charge is 0.107 e. The maximum absolute atomic E-state index is 8.29. The molecule has 0 saturated carbocycles. The number of hydrogen-bond donors (Lipinski definition) is 0. The van der Waals surface area contributed by atoms with Crippen LogP contribution in [0.3, 0.4) is 0 Å². The van der Waals surface area contributed by atoms with E-state index >= 15 is 0 Å². The highest BCUT2D eigenvalue weighted by Gasteiger charge is 1.88. The van der Waals surface area contributed by atoms with Gasteiger partial charge in [0.1, 0.15) is 6.07 Å². The van der Waals surface area contributed by atoms with Crippen LogP contribution in [-0.4, -0.2) is 5.75 Å². The van der Waals surface area contributed by atoms with E-state index in [4.69, 9.17) is 5.26 Å². The quantitative estimate of drug-likeness (QED) is 0.627. The van der Waals surface area contributed by atoms with E-state index in [0.717, 1.165) is 10.7 Å². The lowest BCUT2D eigenvalue weighted by molar-refractivity contribution is 1.51. The lowest BCUT2D eigenvalue weighted by Gasteiger charge is -1.86. The molecule has 44 valence electrons. The van der Waals surface area contributed by atoms with E-state index in [2.05, 4.69) is 15.9 Å². The van der Waals surface area contributed by atoms with Gasteiger partial charge in [0.25, 0.3) is 0 Å². The molecule has 0 unspecified atom stereocenters. The van der Waals surface area contributed by atoms with Crippen LogP contribution in [0.15, 0.2) is 9.89 Å². The van der Waals surface area contributed by atoms with Crippen molar-refractivity contribution < 1.29 is 0 Å². The van der Waals surface area contributed by atoms with Crippen LogP contribution in [0.5, 0.6) is 0 Å². The number of thioether (sulfide) groups is 1. The largest absolute Gasteiger partial charge is 0.192 e. The first-order chi connectivity index (χ1) is 3.85. The second-order valence-electron chi connectivity index (χ2n) is 1.02. The molecule has 0 aliphatic heterocycles. The number of rotatable bonds is 2. The minimum atomic E-state index is 0.729. The van der Waals surface area contributed by atoms with Crippen molar-refractivity contribution in [3.05, 3.63) is 9.89 Å². The summed E-state index contributed by atoms with van der Waals surface area (Å²) in [5, 5.41) is 8.29. The van der Waals surface area contributed by atoms with Crippen molar-refractivity contribution in [2.24, 2.45) is 0 Å². The molecule has 0 N–H and O–H groups in total. The van der Waals surface area contributed by atoms with E-state index in [1.807, 2.05) is 13.0 Å². The zero-order valence-corrected chi connectivity index (χ0v) is 6.92. The zero-order valence-electron chi connectivity index (χ0n) is 4.52. The van der Waals surface area contributed by atoms with Gasteiger partial charge < -0.3 is 0 Å². The van der Waals surface area contributed by atoms with Crippen molar-refractivity contribution in [2.45, 2.75) is 6.92 Å². The van der Waals surface area contributed by atoms with Crippen molar-refractivity contribution >= 4 is 27.7 Å². The Morgan fingerprint density at radius 1 is 2.00 bits per heavy atom. The van der Waals surface area contributed by atoms with Crippen LogP contribution in [0.2, 0.25) is 0 Å². The third-order valence-electron chi connectivity index (χ3n) is 0.509. The molecular formula is C5H6BrNS. The molecule has 0 rings (SSSR count). The highest BCUT2D eigenvalue weighted by atomic mass is 79.9. The zero-order chi connectivity index (χ0) is 6.41. The Hall–Kier alpha value is 0.0600. The standard InChI is InChI=1S/C5H6BrNS/c1-2-8-5(3-6)4-7/h3H,2H2,1H3/b5-3+. The third kappa shape index (κ3) is 3.11. The Bertz CT molecular complexity index is 125. The van der Waals surface area contributed by atoms with Crippen LogP contribution in [0.1, 0.15) is 6.92 Å². The average molecular weight is 192 g/mol. The number of nitriles is 1. The molecular weight excluding hydrogens is 186 g/mol. The molecule has 0 radical (unpaired) electrons. The highest BCUT2D eigenvalue weighted by molar-refractivity contribution is 9.11. The Morgan fingerprint density at radius 3 is 2.75 bits per heavy atom. The summed E-state index contributed by atoms with van der Waals surface area (Å²) in [7, 11) is 0. The summed E-state index contributed by atoms with van der Waals surface area (Å²) in [5.41, 5.74) is 0. The molecule has 0 spiro atoms. The summed E-state index contributed by atoms with van der Waals surface area (Å²) in [5.74, 6) is 0.949. The lowest BCUT2D eigenvalue weighted by atomic mass is 10.7. The monoisotopic (exact) mass is 191 g/mol. The predicted octanol–water partition coefficient (Wildman–Crippen LogP) is 2.50. The number of nitrogens with zero attached hydrogens (tertiary/aromatic N) is 1. The molecule has 0 bridgehead atoms. The Morgan fingerprint density at radius 2 is 2.62 bits per heavy atom. The maximum atomic E-state index is 8.29. The average Bonchev–Trinajstić information content (AvgIpc) is 1.83. The van der Waals surface area contributed by atoms with Crippen LogP contribution in [0.4, 0.5) is 0 Å². The molecule has 0 amide bonds. The summed E-state index contributed by atoms with van der Waals surface area (Å²) in [6.45, 7) is 2.01. The van der Waals surface area contributed by atoms with Crippen LogP contribution in [0, 0.1) is 11.3 Å². The fraction of sp³-hybridized carbons (Fsp3) is 0.400. The van der Waals surface area contributed by atoms with Gasteiger partial charge in [-0.25, -0.2) is 0 Å². The van der Waals surface area contributed by atoms with E-state index in [-0.39, 0.29) is 0 Å². The maximum Gasteiger partial charge on any atom is 0.107 e. The normalized spacial score (nSPS) is 10.9. The minimum Gasteiger partial charge on any atom is -0.192 e. The first-order valence-electron chi connectivity index (χ1n) is 2.18. The van der Waals surface area contributed by atoms with Gasteiger partial charge in [-0.2, -0.15) is 5.26 Å².